The maximum atomic E-state index is 13.0. The minimum Gasteiger partial charge on any atom is -0.493 e. The molecule has 1 aliphatic rings. The van der Waals surface area contributed by atoms with Crippen molar-refractivity contribution in [3.8, 4) is 11.5 Å². The van der Waals surface area contributed by atoms with Crippen molar-refractivity contribution in [2.45, 2.75) is 51.6 Å². The van der Waals surface area contributed by atoms with Crippen LogP contribution < -0.4 is 15.2 Å². The number of nitrogens with two attached hydrogens (primary N) is 1. The van der Waals surface area contributed by atoms with Crippen molar-refractivity contribution >= 4 is 17.5 Å². The van der Waals surface area contributed by atoms with Gasteiger partial charge in [0.2, 0.25) is 0 Å². The van der Waals surface area contributed by atoms with E-state index >= 15 is 0 Å². The molecule has 0 spiro atoms. The summed E-state index contributed by atoms with van der Waals surface area (Å²) in [6.45, 7) is 5.23. The van der Waals surface area contributed by atoms with Crippen molar-refractivity contribution in [2.75, 3.05) is 20.3 Å². The number of hydrogen-bond acceptors (Lipinski definition) is 4. The van der Waals surface area contributed by atoms with Crippen LogP contribution in [0.1, 0.15) is 49.9 Å². The predicted molar refractivity (Wildman–Crippen MR) is 96.1 cm³/mol. The summed E-state index contributed by atoms with van der Waals surface area (Å²) in [6.07, 6.45) is 3.90. The summed E-state index contributed by atoms with van der Waals surface area (Å²) in [7, 11) is 1.55. The first-order chi connectivity index (χ1) is 11.5. The monoisotopic (exact) mass is 354 g/mol. The largest absolute Gasteiger partial charge is 0.493 e. The van der Waals surface area contributed by atoms with Gasteiger partial charge in [-0.3, -0.25) is 4.79 Å². The minimum absolute atomic E-state index is 0.0563. The van der Waals surface area contributed by atoms with Gasteiger partial charge in [0.25, 0.3) is 5.91 Å². The van der Waals surface area contributed by atoms with Crippen LogP contribution >= 0.6 is 11.6 Å². The Bertz CT molecular complexity index is 578. The molecule has 2 unspecified atom stereocenters. The predicted octanol–water partition coefficient (Wildman–Crippen LogP) is 3.48. The third kappa shape index (κ3) is 4.14. The molecule has 0 saturated carbocycles. The molecule has 1 aliphatic heterocycles. The van der Waals surface area contributed by atoms with Crippen molar-refractivity contribution in [1.29, 1.82) is 0 Å². The molecule has 2 rings (SSSR count). The lowest BCUT2D eigenvalue weighted by molar-refractivity contribution is 0.0583. The van der Waals surface area contributed by atoms with Gasteiger partial charge in [0.1, 0.15) is 0 Å². The van der Waals surface area contributed by atoms with Crippen molar-refractivity contribution < 1.29 is 14.3 Å². The first kappa shape index (κ1) is 18.9. The number of hydrogen-bond donors (Lipinski definition) is 1. The van der Waals surface area contributed by atoms with Crippen molar-refractivity contribution in [2.24, 2.45) is 5.73 Å². The van der Waals surface area contributed by atoms with Crippen LogP contribution in [0, 0.1) is 0 Å². The van der Waals surface area contributed by atoms with Gasteiger partial charge < -0.3 is 20.1 Å². The summed E-state index contributed by atoms with van der Waals surface area (Å²) >= 11 is 6.33. The number of carbonyl (C=O) groups excluding carboxylic acids is 1. The quantitative estimate of drug-likeness (QED) is 0.849. The molecule has 134 valence electrons. The Morgan fingerprint density at radius 3 is 2.83 bits per heavy atom. The van der Waals surface area contributed by atoms with Gasteiger partial charge in [-0.1, -0.05) is 18.5 Å². The zero-order valence-electron chi connectivity index (χ0n) is 14.7. The molecule has 0 bridgehead atoms. The van der Waals surface area contributed by atoms with Crippen molar-refractivity contribution in [3.05, 3.63) is 22.7 Å². The highest BCUT2D eigenvalue weighted by atomic mass is 35.5. The first-order valence-electron chi connectivity index (χ1n) is 8.56. The Hall–Kier alpha value is -1.46. The highest BCUT2D eigenvalue weighted by Crippen LogP contribution is 2.37. The second-order valence-corrected chi connectivity index (χ2v) is 6.67. The van der Waals surface area contributed by atoms with Gasteiger partial charge in [0.15, 0.2) is 11.5 Å². The molecule has 1 amide bonds. The number of amides is 1. The Morgan fingerprint density at radius 2 is 2.21 bits per heavy atom. The molecular formula is C18H27ClN2O3. The van der Waals surface area contributed by atoms with Crippen LogP contribution in [0.5, 0.6) is 11.5 Å². The van der Waals surface area contributed by atoms with E-state index in [2.05, 4.69) is 0 Å². The highest BCUT2D eigenvalue weighted by molar-refractivity contribution is 6.32. The number of halogens is 1. The van der Waals surface area contributed by atoms with E-state index in [-0.39, 0.29) is 18.0 Å². The summed E-state index contributed by atoms with van der Waals surface area (Å²) in [4.78, 5) is 14.8. The molecule has 24 heavy (non-hydrogen) atoms. The number of benzene rings is 1. The van der Waals surface area contributed by atoms with E-state index in [4.69, 9.17) is 26.8 Å². The lowest BCUT2D eigenvalue weighted by atomic mass is 9.96. The summed E-state index contributed by atoms with van der Waals surface area (Å²) < 4.78 is 11.0. The van der Waals surface area contributed by atoms with E-state index in [0.29, 0.717) is 28.7 Å². The number of nitrogens with zero attached hydrogens (tertiary/aromatic N) is 1. The average molecular weight is 355 g/mol. The molecule has 1 fully saturated rings. The summed E-state index contributed by atoms with van der Waals surface area (Å²) in [5.74, 6) is 0.910. The van der Waals surface area contributed by atoms with Gasteiger partial charge in [-0.05, 0) is 44.7 Å². The highest BCUT2D eigenvalue weighted by Gasteiger charge is 2.30. The molecule has 0 aliphatic carbocycles. The number of ether oxygens (including phenoxy) is 2. The number of piperidine rings is 1. The normalized spacial score (nSPS) is 19.0. The van der Waals surface area contributed by atoms with E-state index in [1.807, 2.05) is 18.7 Å². The van der Waals surface area contributed by atoms with Crippen LogP contribution in [-0.4, -0.2) is 43.2 Å². The molecule has 1 aromatic rings. The summed E-state index contributed by atoms with van der Waals surface area (Å²) in [5.41, 5.74) is 6.58. The molecule has 6 heteroatoms. The van der Waals surface area contributed by atoms with Gasteiger partial charge in [-0.25, -0.2) is 0 Å². The van der Waals surface area contributed by atoms with E-state index in [0.717, 1.165) is 32.2 Å². The fraction of sp³-hybridized carbons (Fsp3) is 0.611. The standard InChI is InChI=1S/C18H27ClN2O3/c1-4-9-24-17-14(19)10-13(11-16(17)23-3)18(22)21-8-6-5-7-15(21)12(2)20/h10-12,15H,4-9,20H2,1-3H3. The maximum Gasteiger partial charge on any atom is 0.254 e. The van der Waals surface area contributed by atoms with Crippen LogP contribution in [0.4, 0.5) is 0 Å². The van der Waals surface area contributed by atoms with E-state index in [1.54, 1.807) is 19.2 Å². The minimum atomic E-state index is -0.0567. The Labute approximate surface area is 149 Å². The van der Waals surface area contributed by atoms with Crippen LogP contribution in [0.25, 0.3) is 0 Å². The van der Waals surface area contributed by atoms with Gasteiger partial charge >= 0.3 is 0 Å². The van der Waals surface area contributed by atoms with E-state index in [1.165, 1.54) is 0 Å². The number of rotatable bonds is 6. The Balaban J connectivity index is 2.30. The fourth-order valence-corrected chi connectivity index (χ4v) is 3.37. The van der Waals surface area contributed by atoms with Gasteiger partial charge in [-0.2, -0.15) is 0 Å². The molecule has 2 atom stereocenters. The molecule has 0 aromatic heterocycles. The zero-order chi connectivity index (χ0) is 17.7. The van der Waals surface area contributed by atoms with Crippen molar-refractivity contribution in [3.63, 3.8) is 0 Å². The van der Waals surface area contributed by atoms with Crippen LogP contribution in [0.15, 0.2) is 12.1 Å². The molecule has 1 aromatic carbocycles. The fourth-order valence-electron chi connectivity index (χ4n) is 3.11. The zero-order valence-corrected chi connectivity index (χ0v) is 15.4. The number of likely N-dealkylation sites (tertiary alicyclic amines) is 1. The van der Waals surface area contributed by atoms with Gasteiger partial charge in [-0.15, -0.1) is 0 Å². The first-order valence-corrected chi connectivity index (χ1v) is 8.94. The van der Waals surface area contributed by atoms with E-state index in [9.17, 15) is 4.79 Å². The average Bonchev–Trinajstić information content (AvgIpc) is 2.59. The number of methoxy groups -OCH3 is 1. The molecule has 1 heterocycles. The third-order valence-corrected chi connectivity index (χ3v) is 4.62. The topological polar surface area (TPSA) is 64.8 Å². The van der Waals surface area contributed by atoms with Crippen LogP contribution in [0.3, 0.4) is 0 Å². The lowest BCUT2D eigenvalue weighted by Gasteiger charge is -2.38. The number of carbonyl (C=O) groups is 1. The lowest BCUT2D eigenvalue weighted by Crippen LogP contribution is -2.51. The van der Waals surface area contributed by atoms with Crippen molar-refractivity contribution in [1.82, 2.24) is 4.90 Å². The van der Waals surface area contributed by atoms with Gasteiger partial charge in [0.05, 0.1) is 18.7 Å². The smallest absolute Gasteiger partial charge is 0.254 e. The second kappa shape index (κ2) is 8.58. The second-order valence-electron chi connectivity index (χ2n) is 6.26. The van der Waals surface area contributed by atoms with Gasteiger partial charge in [0, 0.05) is 24.2 Å². The third-order valence-electron chi connectivity index (χ3n) is 4.34. The maximum absolute atomic E-state index is 13.0. The summed E-state index contributed by atoms with van der Waals surface area (Å²) in [6, 6.07) is 3.36. The summed E-state index contributed by atoms with van der Waals surface area (Å²) in [5, 5.41) is 0.389. The Morgan fingerprint density at radius 1 is 1.46 bits per heavy atom. The molecule has 0 radical (unpaired) electrons. The molecular weight excluding hydrogens is 328 g/mol. The van der Waals surface area contributed by atoms with Crippen LogP contribution in [0.2, 0.25) is 5.02 Å². The molecule has 1 saturated heterocycles. The SMILES string of the molecule is CCCOc1c(Cl)cc(C(=O)N2CCCCC2C(C)N)cc1OC. The Kier molecular flexibility index (Phi) is 6.75. The molecule has 2 N–H and O–H groups in total. The van der Waals surface area contributed by atoms with E-state index < -0.39 is 0 Å². The van der Waals surface area contributed by atoms with Crippen LogP contribution in [-0.2, 0) is 0 Å². The molecule has 5 nitrogen and oxygen atoms in total.